The van der Waals surface area contributed by atoms with E-state index in [9.17, 15) is 14.9 Å². The van der Waals surface area contributed by atoms with Crippen molar-refractivity contribution in [2.24, 2.45) is 5.41 Å². The van der Waals surface area contributed by atoms with Gasteiger partial charge in [0.1, 0.15) is 6.04 Å². The van der Waals surface area contributed by atoms with Gasteiger partial charge in [0.2, 0.25) is 0 Å². The molecular weight excluding hydrogens is 284 g/mol. The summed E-state index contributed by atoms with van der Waals surface area (Å²) in [6, 6.07) is 5.73. The van der Waals surface area contributed by atoms with E-state index in [4.69, 9.17) is 0 Å². The molecule has 0 saturated heterocycles. The zero-order valence-electron chi connectivity index (χ0n) is 12.8. The highest BCUT2D eigenvalue weighted by Crippen LogP contribution is 2.26. The van der Waals surface area contributed by atoms with E-state index in [2.05, 4.69) is 10.3 Å². The Morgan fingerprint density at radius 3 is 2.41 bits per heavy atom. The molecule has 0 aliphatic carbocycles. The maximum absolute atomic E-state index is 12.6. The number of nitro groups is 1. The highest BCUT2D eigenvalue weighted by Gasteiger charge is 2.31. The van der Waals surface area contributed by atoms with Crippen molar-refractivity contribution in [1.82, 2.24) is 15.0 Å². The largest absolute Gasteiger partial charge is 0.297 e. The first-order valence-corrected chi connectivity index (χ1v) is 6.92. The van der Waals surface area contributed by atoms with Gasteiger partial charge >= 0.3 is 0 Å². The van der Waals surface area contributed by atoms with Crippen LogP contribution in [0.4, 0.5) is 5.69 Å². The first-order valence-electron chi connectivity index (χ1n) is 6.92. The highest BCUT2D eigenvalue weighted by atomic mass is 16.6. The zero-order valence-corrected chi connectivity index (χ0v) is 12.8. The Morgan fingerprint density at radius 2 is 1.95 bits per heavy atom. The quantitative estimate of drug-likeness (QED) is 0.625. The van der Waals surface area contributed by atoms with E-state index in [1.54, 1.807) is 18.3 Å². The molecule has 0 aliphatic heterocycles. The Labute approximate surface area is 128 Å². The maximum atomic E-state index is 12.6. The molecule has 116 valence electrons. The van der Waals surface area contributed by atoms with Crippen molar-refractivity contribution in [2.45, 2.75) is 33.2 Å². The number of non-ortho nitro benzene ring substituents is 1. The number of carbonyl (C=O) groups is 1. The van der Waals surface area contributed by atoms with Crippen LogP contribution in [-0.4, -0.2) is 25.7 Å². The molecule has 0 amide bonds. The molecule has 22 heavy (non-hydrogen) atoms. The van der Waals surface area contributed by atoms with Crippen LogP contribution < -0.4 is 0 Å². The van der Waals surface area contributed by atoms with Crippen LogP contribution in [0, 0.1) is 15.5 Å². The molecule has 0 aliphatic rings. The standard InChI is InChI=1S/C15H18N4O3/c1-15(2,3)14(20)13(18-9-8-16-17-18)10-11-4-6-12(7-5-11)19(21)22/h4-9,13H,10H2,1-3H3. The Hall–Kier alpha value is -2.57. The van der Waals surface area contributed by atoms with E-state index >= 15 is 0 Å². The minimum Gasteiger partial charge on any atom is -0.297 e. The molecule has 0 bridgehead atoms. The molecule has 1 heterocycles. The fraction of sp³-hybridized carbons (Fsp3) is 0.400. The van der Waals surface area contributed by atoms with Crippen molar-refractivity contribution >= 4 is 11.5 Å². The molecule has 1 aromatic carbocycles. The molecule has 1 atom stereocenters. The van der Waals surface area contributed by atoms with Gasteiger partial charge in [-0.25, -0.2) is 4.68 Å². The number of hydrogen-bond donors (Lipinski definition) is 0. The van der Waals surface area contributed by atoms with Gasteiger partial charge in [-0.05, 0) is 5.56 Å². The average molecular weight is 302 g/mol. The van der Waals surface area contributed by atoms with Gasteiger partial charge < -0.3 is 0 Å². The lowest BCUT2D eigenvalue weighted by atomic mass is 9.84. The summed E-state index contributed by atoms with van der Waals surface area (Å²) in [4.78, 5) is 22.9. The Morgan fingerprint density at radius 1 is 1.32 bits per heavy atom. The molecule has 0 fully saturated rings. The topological polar surface area (TPSA) is 90.9 Å². The molecule has 1 aromatic heterocycles. The van der Waals surface area contributed by atoms with Crippen LogP contribution in [0.3, 0.4) is 0 Å². The van der Waals surface area contributed by atoms with Crippen molar-refractivity contribution in [2.75, 3.05) is 0 Å². The van der Waals surface area contributed by atoms with E-state index < -0.39 is 16.4 Å². The number of nitro benzene ring substituents is 1. The first kappa shape index (κ1) is 15.8. The molecule has 0 radical (unpaired) electrons. The normalized spacial score (nSPS) is 12.9. The Kier molecular flexibility index (Phi) is 4.35. The number of carbonyl (C=O) groups excluding carboxylic acids is 1. The van der Waals surface area contributed by atoms with E-state index in [1.807, 2.05) is 20.8 Å². The number of ketones is 1. The first-order chi connectivity index (χ1) is 10.3. The van der Waals surface area contributed by atoms with Crippen LogP contribution in [0.2, 0.25) is 0 Å². The van der Waals surface area contributed by atoms with Gasteiger partial charge in [0.25, 0.3) is 5.69 Å². The summed E-state index contributed by atoms with van der Waals surface area (Å²) in [7, 11) is 0. The molecule has 0 spiro atoms. The number of Topliss-reactive ketones (excluding diaryl/α,β-unsaturated/α-hetero) is 1. The lowest BCUT2D eigenvalue weighted by Gasteiger charge is -2.24. The Balaban J connectivity index is 2.27. The van der Waals surface area contributed by atoms with Crippen LogP contribution in [-0.2, 0) is 11.2 Å². The molecule has 7 heteroatoms. The predicted octanol–water partition coefficient (Wildman–Crippen LogP) is 2.59. The van der Waals surface area contributed by atoms with Crippen LogP contribution in [0.1, 0.15) is 32.4 Å². The van der Waals surface area contributed by atoms with E-state index in [1.165, 1.54) is 23.0 Å². The third-order valence-corrected chi connectivity index (χ3v) is 3.38. The van der Waals surface area contributed by atoms with E-state index in [0.29, 0.717) is 6.42 Å². The molecule has 0 N–H and O–H groups in total. The molecule has 1 unspecified atom stereocenters. The third kappa shape index (κ3) is 3.55. The minimum absolute atomic E-state index is 0.0307. The summed E-state index contributed by atoms with van der Waals surface area (Å²) in [5.41, 5.74) is 0.351. The van der Waals surface area contributed by atoms with Crippen LogP contribution in [0.5, 0.6) is 0 Å². The molecule has 7 nitrogen and oxygen atoms in total. The zero-order chi connectivity index (χ0) is 16.3. The van der Waals surface area contributed by atoms with Crippen LogP contribution in [0.25, 0.3) is 0 Å². The van der Waals surface area contributed by atoms with Crippen molar-refractivity contribution in [1.29, 1.82) is 0 Å². The van der Waals surface area contributed by atoms with Crippen LogP contribution in [0.15, 0.2) is 36.7 Å². The fourth-order valence-corrected chi connectivity index (χ4v) is 2.17. The summed E-state index contributed by atoms with van der Waals surface area (Å²) in [5.74, 6) is 0.0383. The smallest absolute Gasteiger partial charge is 0.269 e. The number of benzene rings is 1. The van der Waals surface area contributed by atoms with Gasteiger partial charge in [-0.15, -0.1) is 5.10 Å². The molecular formula is C15H18N4O3. The summed E-state index contributed by atoms with van der Waals surface area (Å²) >= 11 is 0. The van der Waals surface area contributed by atoms with Gasteiger partial charge in [-0.3, -0.25) is 14.9 Å². The number of hydrogen-bond acceptors (Lipinski definition) is 5. The van der Waals surface area contributed by atoms with Gasteiger partial charge in [-0.2, -0.15) is 0 Å². The van der Waals surface area contributed by atoms with Crippen LogP contribution >= 0.6 is 0 Å². The number of rotatable bonds is 5. The summed E-state index contributed by atoms with van der Waals surface area (Å²) in [6.07, 6.45) is 3.59. The molecule has 0 saturated carbocycles. The lowest BCUT2D eigenvalue weighted by Crippen LogP contribution is -2.32. The van der Waals surface area contributed by atoms with Crippen molar-refractivity contribution in [3.05, 3.63) is 52.3 Å². The van der Waals surface area contributed by atoms with Gasteiger partial charge in [0, 0.05) is 30.2 Å². The van der Waals surface area contributed by atoms with Gasteiger partial charge in [-0.1, -0.05) is 38.1 Å². The second-order valence-electron chi connectivity index (χ2n) is 6.14. The average Bonchev–Trinajstić information content (AvgIpc) is 2.97. The maximum Gasteiger partial charge on any atom is 0.269 e. The number of nitrogens with zero attached hydrogens (tertiary/aromatic N) is 4. The lowest BCUT2D eigenvalue weighted by molar-refractivity contribution is -0.384. The number of aromatic nitrogens is 3. The Bertz CT molecular complexity index is 657. The van der Waals surface area contributed by atoms with Crippen molar-refractivity contribution < 1.29 is 9.72 Å². The van der Waals surface area contributed by atoms with Gasteiger partial charge in [0.05, 0.1) is 11.1 Å². The third-order valence-electron chi connectivity index (χ3n) is 3.38. The van der Waals surface area contributed by atoms with E-state index in [0.717, 1.165) is 5.56 Å². The SMILES string of the molecule is CC(C)(C)C(=O)C(Cc1ccc([N+](=O)[O-])cc1)n1ccnn1. The molecule has 2 rings (SSSR count). The summed E-state index contributed by atoms with van der Waals surface area (Å²) in [5, 5.41) is 18.4. The van der Waals surface area contributed by atoms with Gasteiger partial charge in [0.15, 0.2) is 5.78 Å². The monoisotopic (exact) mass is 302 g/mol. The second-order valence-corrected chi connectivity index (χ2v) is 6.14. The molecule has 2 aromatic rings. The van der Waals surface area contributed by atoms with E-state index in [-0.39, 0.29) is 11.5 Å². The summed E-state index contributed by atoms with van der Waals surface area (Å²) in [6.45, 7) is 5.57. The predicted molar refractivity (Wildman–Crippen MR) is 80.3 cm³/mol. The fourth-order valence-electron chi connectivity index (χ4n) is 2.17. The second kappa shape index (κ2) is 6.05. The highest BCUT2D eigenvalue weighted by molar-refractivity contribution is 5.87. The van der Waals surface area contributed by atoms with Crippen molar-refractivity contribution in [3.63, 3.8) is 0 Å². The summed E-state index contributed by atoms with van der Waals surface area (Å²) < 4.78 is 1.54. The van der Waals surface area contributed by atoms with Crippen molar-refractivity contribution in [3.8, 4) is 0 Å². The minimum atomic E-state index is -0.516.